The van der Waals surface area contributed by atoms with Gasteiger partial charge in [-0.25, -0.2) is 8.70 Å². The average molecular weight is 424 g/mol. The first-order valence-corrected chi connectivity index (χ1v) is 10.5. The molecule has 0 bridgehead atoms. The molecule has 7 nitrogen and oxygen atoms in total. The Morgan fingerprint density at radius 3 is 2.21 bits per heavy atom. The summed E-state index contributed by atoms with van der Waals surface area (Å²) < 4.78 is 45.9. The van der Waals surface area contributed by atoms with Crippen molar-refractivity contribution in [3.05, 3.63) is 59.9 Å². The Balaban J connectivity index is 2.15. The number of carbonyl (C=O) groups is 1. The number of benzene rings is 2. The van der Waals surface area contributed by atoms with E-state index >= 15 is 0 Å². The lowest BCUT2D eigenvalue weighted by Gasteiger charge is -2.27. The Bertz CT molecular complexity index is 916. The number of hydrogen-bond donors (Lipinski definition) is 1. The third-order valence-corrected chi connectivity index (χ3v) is 6.03. The van der Waals surface area contributed by atoms with E-state index in [2.05, 4.69) is 5.32 Å². The van der Waals surface area contributed by atoms with Crippen LogP contribution >= 0.6 is 0 Å². The second kappa shape index (κ2) is 9.71. The molecule has 0 saturated heterocycles. The zero-order valence-electron chi connectivity index (χ0n) is 16.9. The van der Waals surface area contributed by atoms with E-state index in [-0.39, 0.29) is 11.7 Å². The predicted octanol–water partition coefficient (Wildman–Crippen LogP) is 2.71. The van der Waals surface area contributed by atoms with Gasteiger partial charge in [0.05, 0.1) is 18.3 Å². The van der Waals surface area contributed by atoms with Crippen LogP contribution in [0.3, 0.4) is 0 Å². The summed E-state index contributed by atoms with van der Waals surface area (Å²) in [5, 5.41) is 2.79. The maximum atomic E-state index is 13.2. The SMILES string of the molecule is CCOc1ccc([C@H](C)NC(=O)CN(c2ccc(F)cc2)S(=O)(=O)N(C)C)cc1. The molecule has 0 aliphatic rings. The predicted molar refractivity (Wildman–Crippen MR) is 111 cm³/mol. The number of hydrogen-bond acceptors (Lipinski definition) is 4. The van der Waals surface area contributed by atoms with E-state index < -0.39 is 28.5 Å². The van der Waals surface area contributed by atoms with Crippen molar-refractivity contribution in [1.29, 1.82) is 0 Å². The first-order chi connectivity index (χ1) is 13.6. The van der Waals surface area contributed by atoms with Gasteiger partial charge in [0.2, 0.25) is 5.91 Å². The number of halogens is 1. The molecule has 0 aliphatic heterocycles. The molecule has 158 valence electrons. The van der Waals surface area contributed by atoms with Gasteiger partial charge in [-0.1, -0.05) is 12.1 Å². The fourth-order valence-corrected chi connectivity index (χ4v) is 3.69. The normalized spacial score (nSPS) is 12.5. The van der Waals surface area contributed by atoms with Gasteiger partial charge >= 0.3 is 10.2 Å². The zero-order chi connectivity index (χ0) is 21.6. The minimum Gasteiger partial charge on any atom is -0.494 e. The summed E-state index contributed by atoms with van der Waals surface area (Å²) in [5.74, 6) is -0.250. The third kappa shape index (κ3) is 5.91. The lowest BCUT2D eigenvalue weighted by Crippen LogP contribution is -2.46. The van der Waals surface area contributed by atoms with E-state index in [4.69, 9.17) is 4.74 Å². The fourth-order valence-electron chi connectivity index (χ4n) is 2.63. The minimum absolute atomic E-state index is 0.198. The molecule has 0 heterocycles. The molecule has 0 aromatic heterocycles. The van der Waals surface area contributed by atoms with E-state index in [1.807, 2.05) is 31.2 Å². The van der Waals surface area contributed by atoms with E-state index in [0.29, 0.717) is 6.61 Å². The topological polar surface area (TPSA) is 79.0 Å². The molecule has 1 N–H and O–H groups in total. The molecule has 0 fully saturated rings. The van der Waals surface area contributed by atoms with Crippen molar-refractivity contribution in [2.45, 2.75) is 19.9 Å². The summed E-state index contributed by atoms with van der Waals surface area (Å²) in [7, 11) is -1.21. The number of rotatable bonds is 9. The van der Waals surface area contributed by atoms with E-state index in [0.717, 1.165) is 32.1 Å². The average Bonchev–Trinajstić information content (AvgIpc) is 2.67. The molecule has 0 radical (unpaired) electrons. The van der Waals surface area contributed by atoms with Crippen LogP contribution in [0.1, 0.15) is 25.5 Å². The van der Waals surface area contributed by atoms with Crippen LogP contribution in [0.2, 0.25) is 0 Å². The number of amides is 1. The maximum Gasteiger partial charge on any atom is 0.304 e. The second-order valence-corrected chi connectivity index (χ2v) is 8.63. The summed E-state index contributed by atoms with van der Waals surface area (Å²) in [6, 6.07) is 11.9. The lowest BCUT2D eigenvalue weighted by atomic mass is 10.1. The molecule has 2 aromatic carbocycles. The van der Waals surface area contributed by atoms with Gasteiger partial charge in [-0.2, -0.15) is 12.7 Å². The number of nitrogens with one attached hydrogen (secondary N) is 1. The lowest BCUT2D eigenvalue weighted by molar-refractivity contribution is -0.120. The summed E-state index contributed by atoms with van der Waals surface area (Å²) in [5.41, 5.74) is 1.05. The highest BCUT2D eigenvalue weighted by Gasteiger charge is 2.27. The van der Waals surface area contributed by atoms with E-state index in [1.54, 1.807) is 6.92 Å². The molecule has 1 atom stereocenters. The standard InChI is InChI=1S/C20H26FN3O4S/c1-5-28-19-12-6-16(7-13-19)15(2)22-20(25)14-24(29(26,27)23(3)4)18-10-8-17(21)9-11-18/h6-13,15H,5,14H2,1-4H3,(H,22,25)/t15-/m0/s1. The zero-order valence-corrected chi connectivity index (χ0v) is 17.7. The number of carbonyl (C=O) groups excluding carboxylic acids is 1. The molecule has 2 rings (SSSR count). The van der Waals surface area contributed by atoms with Gasteiger partial charge in [-0.15, -0.1) is 0 Å². The summed E-state index contributed by atoms with van der Waals surface area (Å²) in [6.45, 7) is 3.82. The number of anilines is 1. The van der Waals surface area contributed by atoms with Gasteiger partial charge in [0.25, 0.3) is 0 Å². The van der Waals surface area contributed by atoms with Gasteiger partial charge in [0.15, 0.2) is 0 Å². The van der Waals surface area contributed by atoms with Crippen molar-refractivity contribution in [1.82, 2.24) is 9.62 Å². The first kappa shape index (κ1) is 22.6. The Morgan fingerprint density at radius 1 is 1.10 bits per heavy atom. The molecule has 0 unspecified atom stereocenters. The van der Waals surface area contributed by atoms with Crippen molar-refractivity contribution in [3.63, 3.8) is 0 Å². The molecule has 0 aliphatic carbocycles. The molecular formula is C20H26FN3O4S. The van der Waals surface area contributed by atoms with Crippen molar-refractivity contribution in [2.75, 3.05) is 31.6 Å². The van der Waals surface area contributed by atoms with Gasteiger partial charge in [-0.3, -0.25) is 4.79 Å². The fraction of sp³-hybridized carbons (Fsp3) is 0.350. The van der Waals surface area contributed by atoms with Gasteiger partial charge < -0.3 is 10.1 Å². The van der Waals surface area contributed by atoms with Crippen LogP contribution in [0.4, 0.5) is 10.1 Å². The molecule has 1 amide bonds. The van der Waals surface area contributed by atoms with Crippen molar-refractivity contribution < 1.29 is 22.3 Å². The molecular weight excluding hydrogens is 397 g/mol. The Morgan fingerprint density at radius 2 is 1.69 bits per heavy atom. The van der Waals surface area contributed by atoms with Crippen LogP contribution in [-0.2, 0) is 15.0 Å². The third-order valence-electron chi connectivity index (χ3n) is 4.21. The van der Waals surface area contributed by atoms with E-state index in [9.17, 15) is 17.6 Å². The Kier molecular flexibility index (Phi) is 7.58. The number of ether oxygens (including phenoxy) is 1. The number of nitrogens with zero attached hydrogens (tertiary/aromatic N) is 2. The van der Waals surface area contributed by atoms with Crippen LogP contribution < -0.4 is 14.4 Å². The van der Waals surface area contributed by atoms with Crippen molar-refractivity contribution in [2.24, 2.45) is 0 Å². The van der Waals surface area contributed by atoms with Crippen LogP contribution in [0, 0.1) is 5.82 Å². The largest absolute Gasteiger partial charge is 0.494 e. The van der Waals surface area contributed by atoms with Gasteiger partial charge in [-0.05, 0) is 55.8 Å². The minimum atomic E-state index is -3.95. The van der Waals surface area contributed by atoms with Gasteiger partial charge in [0.1, 0.15) is 18.1 Å². The molecule has 0 saturated carbocycles. The Labute approximate surface area is 171 Å². The molecule has 2 aromatic rings. The van der Waals surface area contributed by atoms with Crippen molar-refractivity contribution in [3.8, 4) is 5.75 Å². The highest BCUT2D eigenvalue weighted by Crippen LogP contribution is 2.21. The second-order valence-electron chi connectivity index (χ2n) is 6.56. The maximum absolute atomic E-state index is 13.2. The smallest absolute Gasteiger partial charge is 0.304 e. The Hall–Kier alpha value is -2.65. The van der Waals surface area contributed by atoms with Crippen LogP contribution in [0.5, 0.6) is 5.75 Å². The molecule has 9 heteroatoms. The molecule has 29 heavy (non-hydrogen) atoms. The van der Waals surface area contributed by atoms with Gasteiger partial charge in [0, 0.05) is 14.1 Å². The van der Waals surface area contributed by atoms with Crippen molar-refractivity contribution >= 4 is 21.8 Å². The first-order valence-electron chi connectivity index (χ1n) is 9.13. The molecule has 0 spiro atoms. The monoisotopic (exact) mass is 423 g/mol. The summed E-state index contributed by atoms with van der Waals surface area (Å²) >= 11 is 0. The van der Waals surface area contributed by atoms with E-state index in [1.165, 1.54) is 26.2 Å². The highest BCUT2D eigenvalue weighted by atomic mass is 32.2. The summed E-state index contributed by atoms with van der Waals surface area (Å²) in [6.07, 6.45) is 0. The van der Waals surface area contributed by atoms with Crippen LogP contribution in [-0.4, -0.2) is 45.9 Å². The highest BCUT2D eigenvalue weighted by molar-refractivity contribution is 7.90. The quantitative estimate of drug-likeness (QED) is 0.673. The van der Waals surface area contributed by atoms with Crippen LogP contribution in [0.15, 0.2) is 48.5 Å². The summed E-state index contributed by atoms with van der Waals surface area (Å²) in [4.78, 5) is 12.6. The van der Waals surface area contributed by atoms with Crippen LogP contribution in [0.25, 0.3) is 0 Å².